The molecule has 0 aliphatic heterocycles. The lowest BCUT2D eigenvalue weighted by atomic mass is 9.99. The van der Waals surface area contributed by atoms with Gasteiger partial charge in [0.25, 0.3) is 0 Å². The molecule has 3 rings (SSSR count). The van der Waals surface area contributed by atoms with Gasteiger partial charge in [-0.2, -0.15) is 13.2 Å². The molecular formula is C22H17Cl2F3O2. The maximum Gasteiger partial charge on any atom is 0.398 e. The molecule has 1 atom stereocenters. The summed E-state index contributed by atoms with van der Waals surface area (Å²) in [5.41, 5.74) is 0.631. The molecule has 0 aliphatic rings. The van der Waals surface area contributed by atoms with Crippen molar-refractivity contribution >= 4 is 23.2 Å². The number of rotatable bonds is 7. The Balaban J connectivity index is 1.66. The molecule has 0 saturated carbocycles. The van der Waals surface area contributed by atoms with E-state index < -0.39 is 18.7 Å². The highest BCUT2D eigenvalue weighted by atomic mass is 35.5. The Hall–Kier alpha value is -2.21. The van der Waals surface area contributed by atoms with Crippen LogP contribution in [0.25, 0.3) is 0 Å². The molecule has 0 aromatic heterocycles. The molecule has 0 radical (unpaired) electrons. The Morgan fingerprint density at radius 3 is 2.24 bits per heavy atom. The number of ether oxygens (including phenoxy) is 2. The van der Waals surface area contributed by atoms with Gasteiger partial charge in [-0.15, -0.1) is 0 Å². The molecule has 1 unspecified atom stereocenters. The van der Waals surface area contributed by atoms with Crippen LogP contribution in [0.3, 0.4) is 0 Å². The molecule has 0 amide bonds. The maximum atomic E-state index is 13.5. The van der Waals surface area contributed by atoms with E-state index in [2.05, 4.69) is 0 Å². The fourth-order valence-corrected chi connectivity index (χ4v) is 3.30. The van der Waals surface area contributed by atoms with Crippen LogP contribution in [0.15, 0.2) is 72.8 Å². The van der Waals surface area contributed by atoms with E-state index in [4.69, 9.17) is 32.7 Å². The van der Waals surface area contributed by atoms with Crippen molar-refractivity contribution in [3.05, 3.63) is 94.0 Å². The first kappa shape index (κ1) is 21.5. The van der Waals surface area contributed by atoms with Crippen LogP contribution < -0.4 is 4.74 Å². The van der Waals surface area contributed by atoms with Crippen LogP contribution in [0.4, 0.5) is 13.2 Å². The normalized spacial score (nSPS) is 12.6. The van der Waals surface area contributed by atoms with Crippen molar-refractivity contribution < 1.29 is 22.6 Å². The van der Waals surface area contributed by atoms with Crippen LogP contribution in [0.1, 0.15) is 17.0 Å². The van der Waals surface area contributed by atoms with Crippen LogP contribution >= 0.6 is 23.2 Å². The molecular weight excluding hydrogens is 424 g/mol. The SMILES string of the molecule is FC(F)(F)C(COCc1cccc(Oc2ccccc2)c1)c1ccc(Cl)cc1Cl. The molecule has 0 fully saturated rings. The monoisotopic (exact) mass is 440 g/mol. The minimum absolute atomic E-state index is 0.00375. The Morgan fingerprint density at radius 1 is 0.828 bits per heavy atom. The number of hydrogen-bond acceptors (Lipinski definition) is 2. The van der Waals surface area contributed by atoms with Crippen molar-refractivity contribution in [2.24, 2.45) is 0 Å². The molecule has 0 aliphatic carbocycles. The molecule has 3 aromatic rings. The van der Waals surface area contributed by atoms with E-state index in [-0.39, 0.29) is 22.2 Å². The third kappa shape index (κ3) is 6.13. The molecule has 7 heteroatoms. The second kappa shape index (κ2) is 9.53. The molecule has 152 valence electrons. The number of para-hydroxylation sites is 1. The predicted octanol–water partition coefficient (Wildman–Crippen LogP) is 7.65. The molecule has 0 N–H and O–H groups in total. The van der Waals surface area contributed by atoms with Crippen molar-refractivity contribution in [3.8, 4) is 11.5 Å². The summed E-state index contributed by atoms with van der Waals surface area (Å²) in [6, 6.07) is 20.2. The van der Waals surface area contributed by atoms with Gasteiger partial charge in [0, 0.05) is 10.0 Å². The number of hydrogen-bond donors (Lipinski definition) is 0. The zero-order chi connectivity index (χ0) is 20.9. The molecule has 0 bridgehead atoms. The largest absolute Gasteiger partial charge is 0.457 e. The van der Waals surface area contributed by atoms with E-state index >= 15 is 0 Å². The van der Waals surface area contributed by atoms with Gasteiger partial charge < -0.3 is 9.47 Å². The summed E-state index contributed by atoms with van der Waals surface area (Å²) in [6.45, 7) is -0.557. The van der Waals surface area contributed by atoms with Gasteiger partial charge in [-0.3, -0.25) is 0 Å². The molecule has 29 heavy (non-hydrogen) atoms. The summed E-state index contributed by atoms with van der Waals surface area (Å²) in [5.74, 6) is -0.610. The van der Waals surface area contributed by atoms with Gasteiger partial charge in [0.1, 0.15) is 17.4 Å². The minimum atomic E-state index is -4.50. The number of halogens is 5. The van der Waals surface area contributed by atoms with Crippen molar-refractivity contribution in [1.29, 1.82) is 0 Å². The highest BCUT2D eigenvalue weighted by Gasteiger charge is 2.42. The highest BCUT2D eigenvalue weighted by Crippen LogP contribution is 2.39. The van der Waals surface area contributed by atoms with E-state index in [1.54, 1.807) is 24.3 Å². The van der Waals surface area contributed by atoms with Crippen molar-refractivity contribution in [2.45, 2.75) is 18.7 Å². The van der Waals surface area contributed by atoms with E-state index in [0.717, 1.165) is 0 Å². The standard InChI is InChI=1S/C22H17Cl2F3O2/c23-16-9-10-19(21(24)12-16)20(22(25,26)27)14-28-13-15-5-4-8-18(11-15)29-17-6-2-1-3-7-17/h1-12,20H,13-14H2. The second-order valence-corrected chi connectivity index (χ2v) is 7.18. The van der Waals surface area contributed by atoms with Gasteiger partial charge in [0.2, 0.25) is 0 Å². The number of alkyl halides is 3. The zero-order valence-corrected chi connectivity index (χ0v) is 16.6. The van der Waals surface area contributed by atoms with Crippen molar-refractivity contribution in [3.63, 3.8) is 0 Å². The molecule has 0 spiro atoms. The molecule has 2 nitrogen and oxygen atoms in total. The first-order chi connectivity index (χ1) is 13.8. The maximum absolute atomic E-state index is 13.5. The fraction of sp³-hybridized carbons (Fsp3) is 0.182. The van der Waals surface area contributed by atoms with Crippen LogP contribution in [0.2, 0.25) is 10.0 Å². The summed E-state index contributed by atoms with van der Waals surface area (Å²) in [6.07, 6.45) is -4.50. The van der Waals surface area contributed by atoms with E-state index in [1.165, 1.54) is 18.2 Å². The van der Waals surface area contributed by atoms with E-state index in [0.29, 0.717) is 17.1 Å². The topological polar surface area (TPSA) is 18.5 Å². The van der Waals surface area contributed by atoms with Crippen molar-refractivity contribution in [1.82, 2.24) is 0 Å². The smallest absolute Gasteiger partial charge is 0.398 e. The average Bonchev–Trinajstić information content (AvgIpc) is 2.66. The Labute approximate surface area is 176 Å². The fourth-order valence-electron chi connectivity index (χ4n) is 2.76. The lowest BCUT2D eigenvalue weighted by molar-refractivity contribution is -0.163. The first-order valence-corrected chi connectivity index (χ1v) is 9.50. The van der Waals surface area contributed by atoms with Gasteiger partial charge in [-0.25, -0.2) is 0 Å². The lowest BCUT2D eigenvalue weighted by Crippen LogP contribution is -2.25. The summed E-state index contributed by atoms with van der Waals surface area (Å²) >= 11 is 11.8. The predicted molar refractivity (Wildman–Crippen MR) is 108 cm³/mol. The first-order valence-electron chi connectivity index (χ1n) is 8.74. The summed E-state index contributed by atoms with van der Waals surface area (Å²) in [7, 11) is 0. The van der Waals surface area contributed by atoms with E-state index in [9.17, 15) is 13.2 Å². The van der Waals surface area contributed by atoms with E-state index in [1.807, 2.05) is 30.3 Å². The van der Waals surface area contributed by atoms with Crippen LogP contribution in [0.5, 0.6) is 11.5 Å². The molecule has 0 heterocycles. The zero-order valence-electron chi connectivity index (χ0n) is 15.1. The average molecular weight is 441 g/mol. The number of benzene rings is 3. The summed E-state index contributed by atoms with van der Waals surface area (Å²) in [5, 5.41) is 0.234. The van der Waals surface area contributed by atoms with Crippen LogP contribution in [0, 0.1) is 0 Å². The molecule has 3 aromatic carbocycles. The summed E-state index contributed by atoms with van der Waals surface area (Å²) in [4.78, 5) is 0. The van der Waals surface area contributed by atoms with Crippen molar-refractivity contribution in [2.75, 3.05) is 6.61 Å². The second-order valence-electron chi connectivity index (χ2n) is 6.34. The lowest BCUT2D eigenvalue weighted by Gasteiger charge is -2.22. The van der Waals surface area contributed by atoms with Gasteiger partial charge in [-0.05, 0) is 47.5 Å². The third-order valence-corrected chi connectivity index (χ3v) is 4.73. The van der Waals surface area contributed by atoms with Gasteiger partial charge in [0.15, 0.2) is 0 Å². The third-order valence-electron chi connectivity index (χ3n) is 4.16. The minimum Gasteiger partial charge on any atom is -0.457 e. The quantitative estimate of drug-likeness (QED) is 0.375. The van der Waals surface area contributed by atoms with Gasteiger partial charge >= 0.3 is 6.18 Å². The van der Waals surface area contributed by atoms with Crippen LogP contribution in [-0.4, -0.2) is 12.8 Å². The Morgan fingerprint density at radius 2 is 1.55 bits per heavy atom. The Kier molecular flexibility index (Phi) is 7.06. The highest BCUT2D eigenvalue weighted by molar-refractivity contribution is 6.35. The summed E-state index contributed by atoms with van der Waals surface area (Å²) < 4.78 is 51.7. The van der Waals surface area contributed by atoms with Crippen LogP contribution in [-0.2, 0) is 11.3 Å². The van der Waals surface area contributed by atoms with Gasteiger partial charge in [0.05, 0.1) is 13.2 Å². The molecule has 0 saturated heterocycles. The van der Waals surface area contributed by atoms with Gasteiger partial charge in [-0.1, -0.05) is 59.6 Å². The Bertz CT molecular complexity index is 946.